The standard InChI is InChI=1S/C15H16N6O2/c1-9-12-4-2-10(6-13(12)23-20-9)18-15(22)19-11-3-5-14-16-8-17-21(14)7-11/h2,4,6,8,11H,3,5,7H2,1H3,(H2,18,19,22). The van der Waals surface area contributed by atoms with Gasteiger partial charge in [-0.25, -0.2) is 14.5 Å². The number of carbonyl (C=O) groups excluding carboxylic acids is 1. The van der Waals surface area contributed by atoms with Crippen molar-refractivity contribution in [3.05, 3.63) is 36.0 Å². The Bertz CT molecular complexity index is 868. The quantitative estimate of drug-likeness (QED) is 0.752. The van der Waals surface area contributed by atoms with Gasteiger partial charge in [-0.15, -0.1) is 0 Å². The van der Waals surface area contributed by atoms with Gasteiger partial charge in [0.25, 0.3) is 0 Å². The smallest absolute Gasteiger partial charge is 0.319 e. The van der Waals surface area contributed by atoms with Gasteiger partial charge in [-0.3, -0.25) is 0 Å². The van der Waals surface area contributed by atoms with Gasteiger partial charge in [0.2, 0.25) is 0 Å². The molecule has 4 rings (SSSR count). The summed E-state index contributed by atoms with van der Waals surface area (Å²) in [7, 11) is 0. The van der Waals surface area contributed by atoms with E-state index in [1.807, 2.05) is 23.7 Å². The van der Waals surface area contributed by atoms with Crippen LogP contribution in [0, 0.1) is 6.92 Å². The van der Waals surface area contributed by atoms with Gasteiger partial charge >= 0.3 is 6.03 Å². The maximum atomic E-state index is 12.2. The van der Waals surface area contributed by atoms with E-state index in [0.29, 0.717) is 17.8 Å². The van der Waals surface area contributed by atoms with Crippen molar-refractivity contribution in [1.82, 2.24) is 25.2 Å². The number of nitrogens with zero attached hydrogens (tertiary/aromatic N) is 4. The molecule has 2 amide bonds. The molecule has 1 aromatic carbocycles. The van der Waals surface area contributed by atoms with Crippen molar-refractivity contribution < 1.29 is 9.32 Å². The van der Waals surface area contributed by atoms with Gasteiger partial charge < -0.3 is 15.2 Å². The van der Waals surface area contributed by atoms with Crippen molar-refractivity contribution in [2.75, 3.05) is 5.32 Å². The molecule has 0 fully saturated rings. The Morgan fingerprint density at radius 1 is 1.43 bits per heavy atom. The first kappa shape index (κ1) is 13.7. The minimum atomic E-state index is -0.242. The summed E-state index contributed by atoms with van der Waals surface area (Å²) in [4.78, 5) is 16.3. The Morgan fingerprint density at radius 2 is 2.35 bits per heavy atom. The van der Waals surface area contributed by atoms with Gasteiger partial charge in [0, 0.05) is 23.6 Å². The predicted octanol–water partition coefficient (Wildman–Crippen LogP) is 1.86. The molecule has 0 radical (unpaired) electrons. The van der Waals surface area contributed by atoms with Crippen LogP contribution in [0.15, 0.2) is 29.0 Å². The van der Waals surface area contributed by atoms with E-state index in [-0.39, 0.29) is 12.1 Å². The largest absolute Gasteiger partial charge is 0.356 e. The molecule has 1 atom stereocenters. The van der Waals surface area contributed by atoms with Gasteiger partial charge in [0.05, 0.1) is 18.3 Å². The molecule has 1 aliphatic rings. The Morgan fingerprint density at radius 3 is 3.26 bits per heavy atom. The van der Waals surface area contributed by atoms with Gasteiger partial charge in [-0.1, -0.05) is 5.16 Å². The maximum absolute atomic E-state index is 12.2. The number of fused-ring (bicyclic) bond motifs is 2. The van der Waals surface area contributed by atoms with Gasteiger partial charge in [-0.2, -0.15) is 5.10 Å². The molecule has 23 heavy (non-hydrogen) atoms. The number of hydrogen-bond donors (Lipinski definition) is 2. The van der Waals surface area contributed by atoms with Crippen LogP contribution in [0.4, 0.5) is 10.5 Å². The van der Waals surface area contributed by atoms with Gasteiger partial charge in [-0.05, 0) is 25.5 Å². The summed E-state index contributed by atoms with van der Waals surface area (Å²) in [6, 6.07) is 5.29. The molecule has 1 aliphatic heterocycles. The van der Waals surface area contributed by atoms with Crippen molar-refractivity contribution in [2.45, 2.75) is 32.4 Å². The molecular weight excluding hydrogens is 296 g/mol. The number of amides is 2. The molecule has 0 saturated heterocycles. The van der Waals surface area contributed by atoms with Crippen LogP contribution in [0.2, 0.25) is 0 Å². The number of hydrogen-bond acceptors (Lipinski definition) is 5. The summed E-state index contributed by atoms with van der Waals surface area (Å²) >= 11 is 0. The lowest BCUT2D eigenvalue weighted by Crippen LogP contribution is -2.43. The van der Waals surface area contributed by atoms with E-state index in [0.717, 1.165) is 29.7 Å². The topological polar surface area (TPSA) is 97.9 Å². The fraction of sp³-hybridized carbons (Fsp3) is 0.333. The third-order valence-corrected chi connectivity index (χ3v) is 4.05. The second kappa shape index (κ2) is 5.38. The predicted molar refractivity (Wildman–Crippen MR) is 83.0 cm³/mol. The summed E-state index contributed by atoms with van der Waals surface area (Å²) in [5, 5.41) is 14.8. The highest BCUT2D eigenvalue weighted by molar-refractivity contribution is 5.92. The third kappa shape index (κ3) is 2.63. The normalized spacial score (nSPS) is 17.0. The second-order valence-corrected chi connectivity index (χ2v) is 5.67. The number of benzene rings is 1. The summed E-state index contributed by atoms with van der Waals surface area (Å²) in [5.41, 5.74) is 2.16. The van der Waals surface area contributed by atoms with E-state index < -0.39 is 0 Å². The molecule has 8 heteroatoms. The first-order valence-corrected chi connectivity index (χ1v) is 7.49. The third-order valence-electron chi connectivity index (χ3n) is 4.05. The first-order chi connectivity index (χ1) is 11.2. The highest BCUT2D eigenvalue weighted by Gasteiger charge is 2.21. The highest BCUT2D eigenvalue weighted by atomic mass is 16.5. The highest BCUT2D eigenvalue weighted by Crippen LogP contribution is 2.21. The van der Waals surface area contributed by atoms with Crippen LogP contribution < -0.4 is 10.6 Å². The molecule has 0 saturated carbocycles. The lowest BCUT2D eigenvalue weighted by atomic mass is 10.1. The SMILES string of the molecule is Cc1noc2cc(NC(=O)NC3CCc4ncnn4C3)ccc12. The van der Waals surface area contributed by atoms with Crippen LogP contribution in [-0.4, -0.2) is 32.0 Å². The molecule has 0 aliphatic carbocycles. The van der Waals surface area contributed by atoms with Gasteiger partial charge in [0.15, 0.2) is 5.58 Å². The monoisotopic (exact) mass is 312 g/mol. The molecule has 118 valence electrons. The second-order valence-electron chi connectivity index (χ2n) is 5.67. The molecule has 3 heterocycles. The average Bonchev–Trinajstić information content (AvgIpc) is 3.13. The summed E-state index contributed by atoms with van der Waals surface area (Å²) in [6.45, 7) is 2.52. The summed E-state index contributed by atoms with van der Waals surface area (Å²) in [6.07, 6.45) is 3.22. The van der Waals surface area contributed by atoms with Crippen molar-refractivity contribution in [1.29, 1.82) is 0 Å². The zero-order valence-corrected chi connectivity index (χ0v) is 12.6. The number of nitrogens with one attached hydrogen (secondary N) is 2. The van der Waals surface area contributed by atoms with Crippen LogP contribution in [0.25, 0.3) is 11.0 Å². The Balaban J connectivity index is 1.41. The summed E-state index contributed by atoms with van der Waals surface area (Å²) < 4.78 is 7.04. The fourth-order valence-electron chi connectivity index (χ4n) is 2.85. The van der Waals surface area contributed by atoms with E-state index in [1.165, 1.54) is 0 Å². The van der Waals surface area contributed by atoms with E-state index in [2.05, 4.69) is 25.9 Å². The zero-order valence-electron chi connectivity index (χ0n) is 12.6. The van der Waals surface area contributed by atoms with Crippen LogP contribution in [0.3, 0.4) is 0 Å². The minimum Gasteiger partial charge on any atom is -0.356 e. The lowest BCUT2D eigenvalue weighted by molar-refractivity contribution is 0.243. The summed E-state index contributed by atoms with van der Waals surface area (Å²) in [5.74, 6) is 0.967. The number of rotatable bonds is 2. The van der Waals surface area contributed by atoms with E-state index in [4.69, 9.17) is 4.52 Å². The molecular formula is C15H16N6O2. The average molecular weight is 312 g/mol. The molecule has 3 aromatic rings. The fourth-order valence-corrected chi connectivity index (χ4v) is 2.85. The van der Waals surface area contributed by atoms with Gasteiger partial charge in [0.1, 0.15) is 12.2 Å². The van der Waals surface area contributed by atoms with E-state index in [9.17, 15) is 4.79 Å². The van der Waals surface area contributed by atoms with E-state index in [1.54, 1.807) is 12.4 Å². The Labute approximate surface area is 131 Å². The number of carbonyl (C=O) groups is 1. The molecule has 2 aromatic heterocycles. The number of aromatic nitrogens is 4. The van der Waals surface area contributed by atoms with E-state index >= 15 is 0 Å². The molecule has 8 nitrogen and oxygen atoms in total. The van der Waals surface area contributed by atoms with Crippen molar-refractivity contribution in [3.8, 4) is 0 Å². The van der Waals surface area contributed by atoms with Crippen LogP contribution >= 0.6 is 0 Å². The molecule has 0 bridgehead atoms. The first-order valence-electron chi connectivity index (χ1n) is 7.49. The number of anilines is 1. The number of urea groups is 1. The van der Waals surface area contributed by atoms with Crippen LogP contribution in [-0.2, 0) is 13.0 Å². The molecule has 0 spiro atoms. The maximum Gasteiger partial charge on any atom is 0.319 e. The number of aryl methyl sites for hydroxylation is 2. The Hall–Kier alpha value is -2.90. The zero-order chi connectivity index (χ0) is 15.8. The van der Waals surface area contributed by atoms with Crippen molar-refractivity contribution in [3.63, 3.8) is 0 Å². The lowest BCUT2D eigenvalue weighted by Gasteiger charge is -2.23. The van der Waals surface area contributed by atoms with Crippen LogP contribution in [0.5, 0.6) is 0 Å². The molecule has 1 unspecified atom stereocenters. The van der Waals surface area contributed by atoms with Crippen molar-refractivity contribution >= 4 is 22.7 Å². The molecule has 2 N–H and O–H groups in total. The Kier molecular flexibility index (Phi) is 3.22. The van der Waals surface area contributed by atoms with Crippen molar-refractivity contribution in [2.24, 2.45) is 0 Å². The van der Waals surface area contributed by atoms with Crippen LogP contribution in [0.1, 0.15) is 17.9 Å². The minimum absolute atomic E-state index is 0.0421.